The van der Waals surface area contributed by atoms with E-state index >= 15 is 0 Å². The van der Waals surface area contributed by atoms with Crippen LogP contribution in [0.2, 0.25) is 0 Å². The van der Waals surface area contributed by atoms with Gasteiger partial charge in [-0.15, -0.1) is 0 Å². The molecule has 1 nitrogen and oxygen atoms in total. The lowest BCUT2D eigenvalue weighted by Crippen LogP contribution is -2.23. The molecule has 0 aliphatic rings. The van der Waals surface area contributed by atoms with Crippen LogP contribution in [0.15, 0.2) is 28.7 Å². The van der Waals surface area contributed by atoms with E-state index in [1.165, 1.54) is 16.5 Å². The lowest BCUT2D eigenvalue weighted by molar-refractivity contribution is 0.570. The first-order chi connectivity index (χ1) is 6.68. The number of hydrogen-bond donors (Lipinski definition) is 1. The second-order valence-corrected chi connectivity index (χ2v) is 4.76. The quantitative estimate of drug-likeness (QED) is 0.796. The Kier molecular flexibility index (Phi) is 5.20. The Hall–Kier alpha value is -0.340. The first kappa shape index (κ1) is 11.7. The smallest absolute Gasteiger partial charge is 0.0177 e. The highest BCUT2D eigenvalue weighted by molar-refractivity contribution is 9.10. The molecule has 1 rings (SSSR count). The van der Waals surface area contributed by atoms with Gasteiger partial charge < -0.3 is 5.32 Å². The van der Waals surface area contributed by atoms with E-state index in [-0.39, 0.29) is 0 Å². The largest absolute Gasteiger partial charge is 0.315 e. The van der Waals surface area contributed by atoms with Crippen molar-refractivity contribution in [3.8, 4) is 0 Å². The molecule has 0 radical (unpaired) electrons. The lowest BCUT2D eigenvalue weighted by atomic mass is 10.1. The molecule has 2 heteroatoms. The molecule has 0 amide bonds. The van der Waals surface area contributed by atoms with Crippen LogP contribution in [0, 0.1) is 0 Å². The van der Waals surface area contributed by atoms with E-state index < -0.39 is 0 Å². The van der Waals surface area contributed by atoms with Crippen LogP contribution in [0.4, 0.5) is 0 Å². The van der Waals surface area contributed by atoms with Crippen molar-refractivity contribution in [2.24, 2.45) is 0 Å². The number of nitrogens with one attached hydrogen (secondary N) is 1. The van der Waals surface area contributed by atoms with Gasteiger partial charge >= 0.3 is 0 Å². The average molecular weight is 256 g/mol. The predicted octanol–water partition coefficient (Wildman–Crippen LogP) is 3.38. The average Bonchev–Trinajstić information content (AvgIpc) is 2.12. The Balaban J connectivity index is 2.25. The molecule has 0 atom stereocenters. The van der Waals surface area contributed by atoms with E-state index in [0.29, 0.717) is 6.04 Å². The van der Waals surface area contributed by atoms with E-state index in [2.05, 4.69) is 59.4 Å². The van der Waals surface area contributed by atoms with Crippen LogP contribution in [0.5, 0.6) is 0 Å². The molecule has 0 heterocycles. The summed E-state index contributed by atoms with van der Waals surface area (Å²) in [6.07, 6.45) is 2.35. The summed E-state index contributed by atoms with van der Waals surface area (Å²) in [5.74, 6) is 0. The zero-order valence-electron chi connectivity index (χ0n) is 8.89. The highest BCUT2D eigenvalue weighted by Gasteiger charge is 1.95. The van der Waals surface area contributed by atoms with Gasteiger partial charge in [0.15, 0.2) is 0 Å². The molecule has 14 heavy (non-hydrogen) atoms. The molecule has 1 N–H and O–H groups in total. The normalized spacial score (nSPS) is 10.9. The fourth-order valence-electron chi connectivity index (χ4n) is 1.38. The molecule has 0 unspecified atom stereocenters. The van der Waals surface area contributed by atoms with Crippen LogP contribution in [-0.4, -0.2) is 12.6 Å². The summed E-state index contributed by atoms with van der Waals surface area (Å²) in [5, 5.41) is 3.42. The monoisotopic (exact) mass is 255 g/mol. The highest BCUT2D eigenvalue weighted by atomic mass is 79.9. The third-order valence-electron chi connectivity index (χ3n) is 2.08. The summed E-state index contributed by atoms with van der Waals surface area (Å²) in [5.41, 5.74) is 1.41. The molecule has 0 aliphatic carbocycles. The van der Waals surface area contributed by atoms with Gasteiger partial charge in [0.1, 0.15) is 0 Å². The Labute approximate surface area is 95.0 Å². The van der Waals surface area contributed by atoms with E-state index in [4.69, 9.17) is 0 Å². The maximum atomic E-state index is 3.48. The third kappa shape index (κ3) is 4.77. The van der Waals surface area contributed by atoms with Gasteiger partial charge in [0.2, 0.25) is 0 Å². The first-order valence-corrected chi connectivity index (χ1v) is 5.95. The minimum Gasteiger partial charge on any atom is -0.315 e. The SMILES string of the molecule is CC(C)NCCCc1cccc(Br)c1. The van der Waals surface area contributed by atoms with Crippen molar-refractivity contribution < 1.29 is 0 Å². The van der Waals surface area contributed by atoms with Crippen LogP contribution in [-0.2, 0) is 6.42 Å². The maximum Gasteiger partial charge on any atom is 0.0177 e. The van der Waals surface area contributed by atoms with Crippen molar-refractivity contribution >= 4 is 15.9 Å². The molecular weight excluding hydrogens is 238 g/mol. The molecule has 0 saturated heterocycles. The fourth-order valence-corrected chi connectivity index (χ4v) is 1.82. The standard InChI is InChI=1S/C12H18BrN/c1-10(2)14-8-4-6-11-5-3-7-12(13)9-11/h3,5,7,9-10,14H,4,6,8H2,1-2H3. The van der Waals surface area contributed by atoms with Crippen molar-refractivity contribution in [2.75, 3.05) is 6.54 Å². The Bertz CT molecular complexity index is 271. The molecule has 0 saturated carbocycles. The molecule has 1 aromatic carbocycles. The maximum absolute atomic E-state index is 3.48. The van der Waals surface area contributed by atoms with E-state index in [0.717, 1.165) is 13.0 Å². The second kappa shape index (κ2) is 6.20. The summed E-state index contributed by atoms with van der Waals surface area (Å²) in [6, 6.07) is 9.12. The predicted molar refractivity (Wildman–Crippen MR) is 65.6 cm³/mol. The number of rotatable bonds is 5. The van der Waals surface area contributed by atoms with Crippen LogP contribution >= 0.6 is 15.9 Å². The van der Waals surface area contributed by atoms with Crippen LogP contribution in [0.1, 0.15) is 25.8 Å². The topological polar surface area (TPSA) is 12.0 Å². The highest BCUT2D eigenvalue weighted by Crippen LogP contribution is 2.12. The van der Waals surface area contributed by atoms with Crippen LogP contribution in [0.25, 0.3) is 0 Å². The summed E-state index contributed by atoms with van der Waals surface area (Å²) >= 11 is 3.48. The molecule has 0 fully saturated rings. The first-order valence-electron chi connectivity index (χ1n) is 5.16. The minimum absolute atomic E-state index is 0.595. The molecule has 0 aliphatic heterocycles. The summed E-state index contributed by atoms with van der Waals surface area (Å²) in [4.78, 5) is 0. The van der Waals surface area contributed by atoms with Gasteiger partial charge in [-0.05, 0) is 37.1 Å². The van der Waals surface area contributed by atoms with Gasteiger partial charge in [0.05, 0.1) is 0 Å². The zero-order chi connectivity index (χ0) is 10.4. The molecule has 0 aromatic heterocycles. The second-order valence-electron chi connectivity index (χ2n) is 3.84. The Morgan fingerprint density at radius 3 is 2.79 bits per heavy atom. The van der Waals surface area contributed by atoms with Crippen molar-refractivity contribution in [2.45, 2.75) is 32.7 Å². The number of halogens is 1. The van der Waals surface area contributed by atoms with E-state index in [1.54, 1.807) is 0 Å². The van der Waals surface area contributed by atoms with Crippen molar-refractivity contribution in [3.05, 3.63) is 34.3 Å². The van der Waals surface area contributed by atoms with Crippen molar-refractivity contribution in [1.82, 2.24) is 5.32 Å². The molecule has 0 spiro atoms. The van der Waals surface area contributed by atoms with E-state index in [9.17, 15) is 0 Å². The summed E-state index contributed by atoms with van der Waals surface area (Å²) in [7, 11) is 0. The summed E-state index contributed by atoms with van der Waals surface area (Å²) < 4.78 is 1.17. The number of hydrogen-bond acceptors (Lipinski definition) is 1. The van der Waals surface area contributed by atoms with Gasteiger partial charge in [-0.25, -0.2) is 0 Å². The minimum atomic E-state index is 0.595. The van der Waals surface area contributed by atoms with Gasteiger partial charge in [0.25, 0.3) is 0 Å². The third-order valence-corrected chi connectivity index (χ3v) is 2.58. The molecular formula is C12H18BrN. The Morgan fingerprint density at radius 1 is 1.36 bits per heavy atom. The van der Waals surface area contributed by atoms with Gasteiger partial charge in [-0.2, -0.15) is 0 Å². The van der Waals surface area contributed by atoms with Crippen LogP contribution < -0.4 is 5.32 Å². The van der Waals surface area contributed by atoms with Crippen molar-refractivity contribution in [3.63, 3.8) is 0 Å². The van der Waals surface area contributed by atoms with E-state index in [1.807, 2.05) is 0 Å². The Morgan fingerprint density at radius 2 is 2.14 bits per heavy atom. The van der Waals surface area contributed by atoms with Crippen LogP contribution in [0.3, 0.4) is 0 Å². The lowest BCUT2D eigenvalue weighted by Gasteiger charge is -2.07. The zero-order valence-corrected chi connectivity index (χ0v) is 10.5. The van der Waals surface area contributed by atoms with Gasteiger partial charge in [0, 0.05) is 10.5 Å². The van der Waals surface area contributed by atoms with Gasteiger partial charge in [-0.3, -0.25) is 0 Å². The molecule has 1 aromatic rings. The number of aryl methyl sites for hydroxylation is 1. The van der Waals surface area contributed by atoms with Gasteiger partial charge in [-0.1, -0.05) is 41.9 Å². The fraction of sp³-hybridized carbons (Fsp3) is 0.500. The molecule has 78 valence electrons. The number of benzene rings is 1. The summed E-state index contributed by atoms with van der Waals surface area (Å²) in [6.45, 7) is 5.46. The van der Waals surface area contributed by atoms with Crippen molar-refractivity contribution in [1.29, 1.82) is 0 Å². The molecule has 0 bridgehead atoms.